The number of aromatic nitrogens is 2. The van der Waals surface area contributed by atoms with Crippen LogP contribution < -0.4 is 5.43 Å². The van der Waals surface area contributed by atoms with Crippen LogP contribution in [0.25, 0.3) is 0 Å². The highest BCUT2D eigenvalue weighted by molar-refractivity contribution is 9.10. The minimum atomic E-state index is -0.377. The van der Waals surface area contributed by atoms with Gasteiger partial charge in [-0.15, -0.1) is 0 Å². The first-order valence-electron chi connectivity index (χ1n) is 5.77. The van der Waals surface area contributed by atoms with Crippen LogP contribution in [0.5, 0.6) is 0 Å². The van der Waals surface area contributed by atoms with Gasteiger partial charge >= 0.3 is 0 Å². The Morgan fingerprint density at radius 1 is 1.40 bits per heavy atom. The number of carbonyl (C=O) groups excluding carboxylic acids is 1. The highest BCUT2D eigenvalue weighted by Gasteiger charge is 2.14. The van der Waals surface area contributed by atoms with Gasteiger partial charge in [-0.05, 0) is 40.5 Å². The van der Waals surface area contributed by atoms with Crippen LogP contribution in [-0.2, 0) is 7.05 Å². The summed E-state index contributed by atoms with van der Waals surface area (Å²) in [5.41, 5.74) is 4.13. The second-order valence-electron chi connectivity index (χ2n) is 4.11. The van der Waals surface area contributed by atoms with Crippen molar-refractivity contribution in [3.8, 4) is 0 Å². The summed E-state index contributed by atoms with van der Waals surface area (Å²) < 4.78 is 14.9. The molecule has 0 saturated heterocycles. The van der Waals surface area contributed by atoms with E-state index < -0.39 is 0 Å². The van der Waals surface area contributed by atoms with Crippen LogP contribution in [0.15, 0.2) is 40.0 Å². The average molecular weight is 339 g/mol. The lowest BCUT2D eigenvalue weighted by Crippen LogP contribution is -2.22. The van der Waals surface area contributed by atoms with E-state index in [1.165, 1.54) is 23.0 Å². The van der Waals surface area contributed by atoms with Crippen LogP contribution in [0.4, 0.5) is 4.39 Å². The second kappa shape index (κ2) is 5.96. The van der Waals surface area contributed by atoms with E-state index in [1.54, 1.807) is 26.1 Å². The first kappa shape index (κ1) is 14.4. The van der Waals surface area contributed by atoms with Crippen molar-refractivity contribution >= 4 is 27.5 Å². The van der Waals surface area contributed by atoms with Gasteiger partial charge in [0.1, 0.15) is 11.5 Å². The van der Waals surface area contributed by atoms with Gasteiger partial charge in [0.2, 0.25) is 0 Å². The molecule has 1 amide bonds. The van der Waals surface area contributed by atoms with Gasteiger partial charge in [-0.2, -0.15) is 10.2 Å². The van der Waals surface area contributed by atoms with Gasteiger partial charge in [-0.1, -0.05) is 12.1 Å². The summed E-state index contributed by atoms with van der Waals surface area (Å²) in [6.07, 6.45) is 1.53. The minimum absolute atomic E-state index is 0.315. The zero-order valence-corrected chi connectivity index (χ0v) is 12.5. The summed E-state index contributed by atoms with van der Waals surface area (Å²) in [6.45, 7) is 1.73. The van der Waals surface area contributed by atoms with Crippen LogP contribution in [-0.4, -0.2) is 21.4 Å². The summed E-state index contributed by atoms with van der Waals surface area (Å²) in [7, 11) is 1.66. The minimum Gasteiger partial charge on any atom is -0.266 e. The lowest BCUT2D eigenvalue weighted by molar-refractivity contribution is 0.0944. The zero-order valence-electron chi connectivity index (χ0n) is 10.9. The predicted molar refractivity (Wildman–Crippen MR) is 77.0 cm³/mol. The molecule has 1 aromatic carbocycles. The SMILES string of the molecule is C/C(=N\NC(=O)c1c(Br)cnn1C)c1ccc(F)cc1. The summed E-state index contributed by atoms with van der Waals surface area (Å²) in [4.78, 5) is 12.0. The fraction of sp³-hybridized carbons (Fsp3) is 0.154. The number of amides is 1. The Kier molecular flexibility index (Phi) is 4.29. The molecule has 1 aromatic heterocycles. The van der Waals surface area contributed by atoms with Crippen molar-refractivity contribution < 1.29 is 9.18 Å². The molecule has 1 heterocycles. The van der Waals surface area contributed by atoms with Gasteiger partial charge < -0.3 is 0 Å². The predicted octanol–water partition coefficient (Wildman–Crippen LogP) is 2.48. The summed E-state index contributed by atoms with van der Waals surface area (Å²) in [5.74, 6) is -0.692. The van der Waals surface area contributed by atoms with E-state index in [2.05, 4.69) is 31.6 Å². The Labute approximate surface area is 123 Å². The number of nitrogens with one attached hydrogen (secondary N) is 1. The number of hydrogen-bond acceptors (Lipinski definition) is 3. The molecule has 0 aliphatic carbocycles. The molecule has 0 spiro atoms. The Morgan fingerprint density at radius 3 is 2.60 bits per heavy atom. The number of hydrogen-bond donors (Lipinski definition) is 1. The molecule has 0 unspecified atom stereocenters. The monoisotopic (exact) mass is 338 g/mol. The topological polar surface area (TPSA) is 59.3 Å². The third-order valence-corrected chi connectivity index (χ3v) is 3.28. The van der Waals surface area contributed by atoms with Crippen molar-refractivity contribution in [3.05, 3.63) is 52.0 Å². The van der Waals surface area contributed by atoms with Crippen LogP contribution >= 0.6 is 15.9 Å². The molecule has 0 fully saturated rings. The standard InChI is InChI=1S/C13H12BrFN4O/c1-8(9-3-5-10(15)6-4-9)17-18-13(20)12-11(14)7-16-19(12)2/h3-7H,1-2H3,(H,18,20)/b17-8+. The molecule has 0 aliphatic rings. The van der Waals surface area contributed by atoms with Crippen LogP contribution in [0.1, 0.15) is 23.0 Å². The first-order chi connectivity index (χ1) is 9.49. The van der Waals surface area contributed by atoms with Crippen LogP contribution in [0.3, 0.4) is 0 Å². The summed E-state index contributed by atoms with van der Waals surface area (Å²) in [6, 6.07) is 5.88. The van der Waals surface area contributed by atoms with E-state index in [0.717, 1.165) is 5.56 Å². The molecule has 20 heavy (non-hydrogen) atoms. The van der Waals surface area contributed by atoms with Crippen molar-refractivity contribution in [3.63, 3.8) is 0 Å². The fourth-order valence-corrected chi connectivity index (χ4v) is 2.14. The maximum atomic E-state index is 12.8. The van der Waals surface area contributed by atoms with Crippen molar-refractivity contribution in [1.82, 2.24) is 15.2 Å². The summed E-state index contributed by atoms with van der Waals surface area (Å²) in [5, 5.41) is 7.95. The van der Waals surface area contributed by atoms with E-state index in [4.69, 9.17) is 0 Å². The van der Waals surface area contributed by atoms with Gasteiger partial charge in [-0.3, -0.25) is 9.48 Å². The smallest absolute Gasteiger partial charge is 0.266 e. The number of nitrogens with zero attached hydrogens (tertiary/aromatic N) is 3. The molecule has 104 valence electrons. The largest absolute Gasteiger partial charge is 0.290 e. The molecule has 2 rings (SSSR count). The normalized spacial score (nSPS) is 11.5. The molecule has 0 bridgehead atoms. The van der Waals surface area contributed by atoms with Gasteiger partial charge in [0.05, 0.1) is 16.4 Å². The molecule has 0 atom stereocenters. The Balaban J connectivity index is 2.13. The Morgan fingerprint density at radius 2 is 2.05 bits per heavy atom. The number of halogens is 2. The lowest BCUT2D eigenvalue weighted by atomic mass is 10.1. The quantitative estimate of drug-likeness (QED) is 0.690. The van der Waals surface area contributed by atoms with E-state index in [-0.39, 0.29) is 11.7 Å². The highest BCUT2D eigenvalue weighted by atomic mass is 79.9. The lowest BCUT2D eigenvalue weighted by Gasteiger charge is -2.04. The molecular formula is C13H12BrFN4O. The Hall–Kier alpha value is -2.02. The van der Waals surface area contributed by atoms with Gasteiger partial charge in [0.15, 0.2) is 0 Å². The van der Waals surface area contributed by atoms with Gasteiger partial charge in [0, 0.05) is 7.05 Å². The number of carbonyl (C=O) groups is 1. The van der Waals surface area contributed by atoms with Crippen LogP contribution in [0, 0.1) is 5.82 Å². The third-order valence-electron chi connectivity index (χ3n) is 2.70. The summed E-state index contributed by atoms with van der Waals surface area (Å²) >= 11 is 3.24. The number of benzene rings is 1. The molecule has 0 radical (unpaired) electrons. The van der Waals surface area contributed by atoms with E-state index in [1.807, 2.05) is 0 Å². The van der Waals surface area contributed by atoms with E-state index >= 15 is 0 Å². The van der Waals surface area contributed by atoms with Gasteiger partial charge in [-0.25, -0.2) is 9.82 Å². The fourth-order valence-electron chi connectivity index (χ4n) is 1.61. The van der Waals surface area contributed by atoms with E-state index in [9.17, 15) is 9.18 Å². The number of aryl methyl sites for hydroxylation is 1. The van der Waals surface area contributed by atoms with Crippen molar-refractivity contribution in [2.24, 2.45) is 12.1 Å². The zero-order chi connectivity index (χ0) is 14.7. The average Bonchev–Trinajstić information content (AvgIpc) is 2.76. The molecule has 0 aliphatic heterocycles. The maximum Gasteiger partial charge on any atom is 0.290 e. The number of hydrazone groups is 1. The molecule has 0 saturated carbocycles. The molecule has 7 heteroatoms. The molecular weight excluding hydrogens is 327 g/mol. The molecule has 1 N–H and O–H groups in total. The van der Waals surface area contributed by atoms with Gasteiger partial charge in [0.25, 0.3) is 5.91 Å². The van der Waals surface area contributed by atoms with Crippen LogP contribution in [0.2, 0.25) is 0 Å². The van der Waals surface area contributed by atoms with E-state index in [0.29, 0.717) is 15.9 Å². The Bertz CT molecular complexity index is 644. The third kappa shape index (κ3) is 3.11. The highest BCUT2D eigenvalue weighted by Crippen LogP contribution is 2.14. The van der Waals surface area contributed by atoms with Crippen molar-refractivity contribution in [2.75, 3.05) is 0 Å². The second-order valence-corrected chi connectivity index (χ2v) is 4.96. The molecule has 5 nitrogen and oxygen atoms in total. The molecule has 2 aromatic rings. The van der Waals surface area contributed by atoms with Crippen molar-refractivity contribution in [1.29, 1.82) is 0 Å². The number of rotatable bonds is 3. The maximum absolute atomic E-state index is 12.8. The van der Waals surface area contributed by atoms with Crippen molar-refractivity contribution in [2.45, 2.75) is 6.92 Å². The first-order valence-corrected chi connectivity index (χ1v) is 6.56.